The van der Waals surface area contributed by atoms with E-state index in [0.717, 1.165) is 24.3 Å². The Morgan fingerprint density at radius 2 is 1.63 bits per heavy atom. The van der Waals surface area contributed by atoms with Gasteiger partial charge in [0.2, 0.25) is 5.76 Å². The number of rotatable bonds is 5. The Bertz CT molecular complexity index is 1360. The third-order valence-electron chi connectivity index (χ3n) is 6.59. The van der Waals surface area contributed by atoms with E-state index in [1.807, 2.05) is 0 Å². The molecule has 0 fully saturated rings. The first kappa shape index (κ1) is 26.5. The van der Waals surface area contributed by atoms with Crippen molar-refractivity contribution in [3.05, 3.63) is 58.5 Å². The fourth-order valence-corrected chi connectivity index (χ4v) is 4.87. The molecule has 13 heteroatoms. The summed E-state index contributed by atoms with van der Waals surface area (Å²) >= 11 is 0. The molecule has 0 saturated carbocycles. The van der Waals surface area contributed by atoms with Gasteiger partial charge in [-0.25, -0.2) is 8.78 Å². The fraction of sp³-hybridized carbons (Fsp3) is 0.320. The van der Waals surface area contributed by atoms with E-state index in [1.165, 1.54) is 13.8 Å². The SMILES string of the molecule is CC(C)OC1=C(F)[C@@](C(=O)O)(C2Cc3c(O)cc(O)cc3OC2c2cc(O)c(O)c(O)c2)C(F)C(O)=C1O. The fourth-order valence-electron chi connectivity index (χ4n) is 4.87. The number of phenolic OH excluding ortho intramolecular Hbond substituents is 5. The maximum absolute atomic E-state index is 16.2. The molecule has 0 saturated heterocycles. The average Bonchev–Trinajstić information content (AvgIpc) is 2.83. The first-order chi connectivity index (χ1) is 17.7. The summed E-state index contributed by atoms with van der Waals surface area (Å²) in [4.78, 5) is 12.8. The van der Waals surface area contributed by atoms with Crippen molar-refractivity contribution in [2.45, 2.75) is 38.6 Å². The van der Waals surface area contributed by atoms with Crippen molar-refractivity contribution in [3.63, 3.8) is 0 Å². The normalized spacial score (nSPS) is 25.2. The van der Waals surface area contributed by atoms with Crippen LogP contribution in [-0.2, 0) is 16.0 Å². The van der Waals surface area contributed by atoms with Crippen molar-refractivity contribution in [2.75, 3.05) is 0 Å². The number of aliphatic carboxylic acids is 1. The largest absolute Gasteiger partial charge is 0.508 e. The molecule has 8 N–H and O–H groups in total. The minimum absolute atomic E-state index is 0.151. The lowest BCUT2D eigenvalue weighted by Crippen LogP contribution is -2.54. The van der Waals surface area contributed by atoms with Gasteiger partial charge in [0.1, 0.15) is 23.4 Å². The number of aliphatic hydroxyl groups is 2. The summed E-state index contributed by atoms with van der Waals surface area (Å²) in [5, 5.41) is 81.2. The van der Waals surface area contributed by atoms with E-state index in [2.05, 4.69) is 0 Å². The summed E-state index contributed by atoms with van der Waals surface area (Å²) in [6, 6.07) is 3.64. The lowest BCUT2D eigenvalue weighted by atomic mass is 9.62. The van der Waals surface area contributed by atoms with Crippen LogP contribution in [0.25, 0.3) is 0 Å². The number of carbonyl (C=O) groups is 1. The number of allylic oxidation sites excluding steroid dienone is 1. The van der Waals surface area contributed by atoms with Crippen LogP contribution in [-0.4, -0.2) is 59.1 Å². The first-order valence-corrected chi connectivity index (χ1v) is 11.2. The minimum Gasteiger partial charge on any atom is -0.508 e. The zero-order valence-electron chi connectivity index (χ0n) is 19.9. The van der Waals surface area contributed by atoms with Gasteiger partial charge in [-0.15, -0.1) is 0 Å². The Labute approximate surface area is 213 Å². The zero-order chi connectivity index (χ0) is 28.3. The number of carboxylic acid groups (broad SMARTS) is 1. The second-order valence-electron chi connectivity index (χ2n) is 9.28. The molecule has 3 unspecified atom stereocenters. The van der Waals surface area contributed by atoms with Crippen molar-refractivity contribution in [2.24, 2.45) is 11.3 Å². The van der Waals surface area contributed by atoms with Crippen molar-refractivity contribution in [1.82, 2.24) is 0 Å². The molecule has 0 amide bonds. The highest BCUT2D eigenvalue weighted by Gasteiger charge is 2.66. The van der Waals surface area contributed by atoms with Crippen molar-refractivity contribution in [3.8, 4) is 34.5 Å². The molecule has 38 heavy (non-hydrogen) atoms. The van der Waals surface area contributed by atoms with Crippen LogP contribution >= 0.6 is 0 Å². The number of benzene rings is 2. The molecule has 0 aromatic heterocycles. The van der Waals surface area contributed by atoms with Gasteiger partial charge in [-0.3, -0.25) is 4.79 Å². The molecule has 1 heterocycles. The quantitative estimate of drug-likeness (QED) is 0.257. The average molecular weight is 538 g/mol. The van der Waals surface area contributed by atoms with E-state index in [1.54, 1.807) is 0 Å². The van der Waals surface area contributed by atoms with Crippen LogP contribution in [0.5, 0.6) is 34.5 Å². The highest BCUT2D eigenvalue weighted by molar-refractivity contribution is 5.82. The van der Waals surface area contributed by atoms with Gasteiger partial charge in [0.05, 0.1) is 6.10 Å². The summed E-state index contributed by atoms with van der Waals surface area (Å²) in [7, 11) is 0. The molecular weight excluding hydrogens is 514 g/mol. The summed E-state index contributed by atoms with van der Waals surface area (Å²) in [6.07, 6.45) is -6.34. The predicted octanol–water partition coefficient (Wildman–Crippen LogP) is 3.86. The van der Waals surface area contributed by atoms with E-state index in [9.17, 15) is 45.6 Å². The Balaban J connectivity index is 2.05. The molecule has 1 aliphatic carbocycles. The number of alkyl halides is 1. The van der Waals surface area contributed by atoms with Gasteiger partial charge in [-0.05, 0) is 32.4 Å². The summed E-state index contributed by atoms with van der Waals surface area (Å²) in [6.45, 7) is 2.81. The van der Waals surface area contributed by atoms with Crippen LogP contribution in [0, 0.1) is 11.3 Å². The van der Waals surface area contributed by atoms with Crippen molar-refractivity contribution < 1.29 is 63.9 Å². The maximum atomic E-state index is 16.2. The molecular formula is C25H24F2O11. The van der Waals surface area contributed by atoms with Gasteiger partial charge in [0.15, 0.2) is 46.2 Å². The molecule has 2 aliphatic rings. The van der Waals surface area contributed by atoms with Gasteiger partial charge in [0, 0.05) is 29.2 Å². The number of phenols is 5. The topological polar surface area (TPSA) is 197 Å². The zero-order valence-corrected chi connectivity index (χ0v) is 19.9. The molecule has 11 nitrogen and oxygen atoms in total. The lowest BCUT2D eigenvalue weighted by Gasteiger charge is -2.46. The Morgan fingerprint density at radius 3 is 2.18 bits per heavy atom. The van der Waals surface area contributed by atoms with Crippen molar-refractivity contribution in [1.29, 1.82) is 0 Å². The van der Waals surface area contributed by atoms with E-state index >= 15 is 8.78 Å². The van der Waals surface area contributed by atoms with Gasteiger partial charge in [0.25, 0.3) is 0 Å². The predicted molar refractivity (Wildman–Crippen MR) is 123 cm³/mol. The molecule has 204 valence electrons. The molecule has 0 radical (unpaired) electrons. The number of fused-ring (bicyclic) bond motifs is 1. The monoisotopic (exact) mass is 538 g/mol. The number of hydrogen-bond donors (Lipinski definition) is 8. The van der Waals surface area contributed by atoms with Crippen LogP contribution in [0.1, 0.15) is 31.1 Å². The number of halogens is 2. The third-order valence-corrected chi connectivity index (χ3v) is 6.59. The smallest absolute Gasteiger partial charge is 0.320 e. The Hall–Kier alpha value is -4.55. The molecule has 0 spiro atoms. The molecule has 0 bridgehead atoms. The lowest BCUT2D eigenvalue weighted by molar-refractivity contribution is -0.162. The summed E-state index contributed by atoms with van der Waals surface area (Å²) in [5.74, 6) is -13.8. The van der Waals surface area contributed by atoms with E-state index in [-0.39, 0.29) is 16.9 Å². The molecule has 2 aromatic carbocycles. The van der Waals surface area contributed by atoms with Gasteiger partial charge in [-0.1, -0.05) is 0 Å². The van der Waals surface area contributed by atoms with Crippen LogP contribution in [0.15, 0.2) is 47.4 Å². The van der Waals surface area contributed by atoms with Gasteiger partial charge >= 0.3 is 5.97 Å². The Kier molecular flexibility index (Phi) is 6.34. The number of ether oxygens (including phenoxy) is 2. The first-order valence-electron chi connectivity index (χ1n) is 11.2. The standard InChI is InChI=1S/C25H24F2O11/c1-8(2)37-21-18(33)19(34)22(26)25(23(21)27,24(35)36)12-7-11-13(29)5-10(28)6-16(11)38-20(12)9-3-14(30)17(32)15(31)4-9/h3-6,8,12,20,22,28-34H,7H2,1-2H3,(H,35,36)/t12?,20?,22?,25-/m1/s1. The highest BCUT2D eigenvalue weighted by Crippen LogP contribution is 2.59. The highest BCUT2D eigenvalue weighted by atomic mass is 19.1. The minimum atomic E-state index is -3.34. The number of aliphatic hydroxyl groups excluding tert-OH is 2. The third kappa shape index (κ3) is 3.81. The summed E-state index contributed by atoms with van der Waals surface area (Å²) in [5.41, 5.74) is -3.75. The Morgan fingerprint density at radius 1 is 1.03 bits per heavy atom. The second-order valence-corrected chi connectivity index (χ2v) is 9.28. The number of aromatic hydroxyl groups is 5. The van der Waals surface area contributed by atoms with Gasteiger partial charge in [-0.2, -0.15) is 0 Å². The van der Waals surface area contributed by atoms with E-state index < -0.39 is 94.0 Å². The number of hydrogen-bond acceptors (Lipinski definition) is 10. The molecule has 4 atom stereocenters. The number of carboxylic acids is 1. The summed E-state index contributed by atoms with van der Waals surface area (Å²) < 4.78 is 43.1. The van der Waals surface area contributed by atoms with Crippen LogP contribution in [0.2, 0.25) is 0 Å². The van der Waals surface area contributed by atoms with Crippen LogP contribution < -0.4 is 4.74 Å². The van der Waals surface area contributed by atoms with Gasteiger partial charge < -0.3 is 50.3 Å². The maximum Gasteiger partial charge on any atom is 0.320 e. The second kappa shape index (κ2) is 9.08. The van der Waals surface area contributed by atoms with E-state index in [4.69, 9.17) is 9.47 Å². The molecule has 2 aromatic rings. The van der Waals surface area contributed by atoms with Crippen molar-refractivity contribution >= 4 is 5.97 Å². The van der Waals surface area contributed by atoms with Crippen LogP contribution in [0.3, 0.4) is 0 Å². The van der Waals surface area contributed by atoms with Crippen LogP contribution in [0.4, 0.5) is 8.78 Å². The molecule has 1 aliphatic heterocycles. The molecule has 4 rings (SSSR count). The van der Waals surface area contributed by atoms with E-state index in [0.29, 0.717) is 0 Å².